The second-order valence-corrected chi connectivity index (χ2v) is 5.48. The van der Waals surface area contributed by atoms with E-state index in [0.717, 1.165) is 5.56 Å². The molecule has 0 heterocycles. The molecule has 2 aromatic carbocycles. The Morgan fingerprint density at radius 3 is 2.69 bits per heavy atom. The van der Waals surface area contributed by atoms with Gasteiger partial charge in [0.2, 0.25) is 0 Å². The normalized spacial score (nSPS) is 10.7. The van der Waals surface area contributed by atoms with Crippen molar-refractivity contribution in [3.05, 3.63) is 81.4 Å². The molecule has 0 unspecified atom stereocenters. The zero-order valence-corrected chi connectivity index (χ0v) is 14.1. The zero-order chi connectivity index (χ0) is 18.8. The number of benzene rings is 2. The van der Waals surface area contributed by atoms with Crippen LogP contribution in [0, 0.1) is 10.1 Å². The Morgan fingerprint density at radius 2 is 2.00 bits per heavy atom. The lowest BCUT2D eigenvalue weighted by atomic mass is 10.1. The van der Waals surface area contributed by atoms with Gasteiger partial charge in [-0.2, -0.15) is 0 Å². The van der Waals surface area contributed by atoms with Gasteiger partial charge in [0.15, 0.2) is 0 Å². The number of rotatable bonds is 8. The van der Waals surface area contributed by atoms with Gasteiger partial charge in [0, 0.05) is 12.6 Å². The van der Waals surface area contributed by atoms with Crippen LogP contribution < -0.4 is 5.32 Å². The Hall–Kier alpha value is -3.19. The van der Waals surface area contributed by atoms with Crippen LogP contribution in [0.5, 0.6) is 0 Å². The van der Waals surface area contributed by atoms with Crippen molar-refractivity contribution in [3.63, 3.8) is 0 Å². The topological polar surface area (TPSA) is 102 Å². The second-order valence-electron chi connectivity index (χ2n) is 5.48. The van der Waals surface area contributed by atoms with Crippen molar-refractivity contribution in [2.75, 3.05) is 6.54 Å². The number of carbonyl (C=O) groups excluding carboxylic acids is 1. The largest absolute Gasteiger partial charge is 0.445 e. The number of hydrogen-bond acceptors (Lipinski definition) is 5. The number of aliphatic hydroxyl groups excluding tert-OH is 1. The molecule has 0 aliphatic rings. The molecule has 2 aromatic rings. The van der Waals surface area contributed by atoms with Crippen molar-refractivity contribution >= 4 is 17.9 Å². The van der Waals surface area contributed by atoms with Crippen LogP contribution in [-0.2, 0) is 18.0 Å². The summed E-state index contributed by atoms with van der Waals surface area (Å²) in [6, 6.07) is 14.0. The average Bonchev–Trinajstić information content (AvgIpc) is 2.66. The zero-order valence-electron chi connectivity index (χ0n) is 14.1. The van der Waals surface area contributed by atoms with Crippen molar-refractivity contribution in [1.82, 2.24) is 5.32 Å². The average molecular weight is 356 g/mol. The van der Waals surface area contributed by atoms with Gasteiger partial charge in [0.1, 0.15) is 6.61 Å². The van der Waals surface area contributed by atoms with E-state index in [4.69, 9.17) is 9.84 Å². The minimum Gasteiger partial charge on any atom is -0.445 e. The third kappa shape index (κ3) is 6.03. The Balaban J connectivity index is 1.74. The fourth-order valence-corrected chi connectivity index (χ4v) is 2.24. The van der Waals surface area contributed by atoms with Gasteiger partial charge in [-0.3, -0.25) is 10.1 Å². The van der Waals surface area contributed by atoms with Gasteiger partial charge in [-0.1, -0.05) is 48.6 Å². The molecule has 2 rings (SSSR count). The molecule has 7 nitrogen and oxygen atoms in total. The molecule has 0 atom stereocenters. The van der Waals surface area contributed by atoms with E-state index in [9.17, 15) is 14.9 Å². The van der Waals surface area contributed by atoms with Gasteiger partial charge in [0.05, 0.1) is 17.1 Å². The molecule has 0 aromatic heterocycles. The van der Waals surface area contributed by atoms with Gasteiger partial charge in [-0.05, 0) is 23.6 Å². The number of nitro groups is 1. The molecule has 0 spiro atoms. The molecule has 0 fully saturated rings. The summed E-state index contributed by atoms with van der Waals surface area (Å²) < 4.78 is 5.09. The van der Waals surface area contributed by atoms with Gasteiger partial charge < -0.3 is 15.2 Å². The van der Waals surface area contributed by atoms with Crippen LogP contribution in [0.3, 0.4) is 0 Å². The maximum Gasteiger partial charge on any atom is 0.407 e. The summed E-state index contributed by atoms with van der Waals surface area (Å²) in [4.78, 5) is 22.0. The van der Waals surface area contributed by atoms with Crippen molar-refractivity contribution in [2.24, 2.45) is 0 Å². The summed E-state index contributed by atoms with van der Waals surface area (Å²) in [5, 5.41) is 22.7. The Morgan fingerprint density at radius 1 is 1.23 bits per heavy atom. The highest BCUT2D eigenvalue weighted by Gasteiger charge is 2.12. The lowest BCUT2D eigenvalue weighted by Gasteiger charge is -2.06. The molecule has 2 N–H and O–H groups in total. The highest BCUT2D eigenvalue weighted by Crippen LogP contribution is 2.21. The molecule has 7 heteroatoms. The van der Waals surface area contributed by atoms with Crippen molar-refractivity contribution in [1.29, 1.82) is 0 Å². The predicted octanol–water partition coefficient (Wildman–Crippen LogP) is 3.42. The maximum atomic E-state index is 11.6. The molecule has 0 aliphatic carbocycles. The fourth-order valence-electron chi connectivity index (χ4n) is 2.24. The van der Waals surface area contributed by atoms with Gasteiger partial charge in [-0.25, -0.2) is 4.79 Å². The summed E-state index contributed by atoms with van der Waals surface area (Å²) in [5.74, 6) is 0. The lowest BCUT2D eigenvalue weighted by Crippen LogP contribution is -2.24. The quantitative estimate of drug-likeness (QED) is 0.429. The van der Waals surface area contributed by atoms with Gasteiger partial charge in [0.25, 0.3) is 5.69 Å². The molecule has 0 saturated heterocycles. The Labute approximate surface area is 151 Å². The first-order valence-corrected chi connectivity index (χ1v) is 8.09. The molecule has 0 aliphatic heterocycles. The number of nitrogens with zero attached hydrogens (tertiary/aromatic N) is 1. The molecule has 0 bridgehead atoms. The van der Waals surface area contributed by atoms with Crippen LogP contribution in [0.15, 0.2) is 54.6 Å². The third-order valence-electron chi connectivity index (χ3n) is 3.58. The van der Waals surface area contributed by atoms with E-state index in [1.807, 2.05) is 30.3 Å². The highest BCUT2D eigenvalue weighted by atomic mass is 16.6. The molecule has 1 amide bonds. The number of aliphatic hydroxyl groups is 1. The highest BCUT2D eigenvalue weighted by molar-refractivity contribution is 5.67. The number of ether oxygens (including phenoxy) is 1. The minimum absolute atomic E-state index is 0.114. The minimum atomic E-state index is -0.521. The molecule has 26 heavy (non-hydrogen) atoms. The van der Waals surface area contributed by atoms with Crippen molar-refractivity contribution in [2.45, 2.75) is 19.6 Å². The molecule has 0 radical (unpaired) electrons. The predicted molar refractivity (Wildman–Crippen MR) is 97.3 cm³/mol. The fraction of sp³-hybridized carbons (Fsp3) is 0.211. The Bertz CT molecular complexity index is 775. The molecular formula is C19H20N2O5. The number of carbonyl (C=O) groups is 1. The molecule has 0 saturated carbocycles. The van der Waals surface area contributed by atoms with E-state index in [1.165, 1.54) is 12.1 Å². The first kappa shape index (κ1) is 19.1. The van der Waals surface area contributed by atoms with E-state index < -0.39 is 11.0 Å². The lowest BCUT2D eigenvalue weighted by molar-refractivity contribution is -0.385. The van der Waals surface area contributed by atoms with Crippen LogP contribution in [0.25, 0.3) is 6.08 Å². The van der Waals surface area contributed by atoms with Crippen LogP contribution in [0.2, 0.25) is 0 Å². The van der Waals surface area contributed by atoms with Gasteiger partial charge in [-0.15, -0.1) is 0 Å². The van der Waals surface area contributed by atoms with Crippen LogP contribution in [0.4, 0.5) is 10.5 Å². The first-order valence-electron chi connectivity index (χ1n) is 8.09. The van der Waals surface area contributed by atoms with E-state index in [-0.39, 0.29) is 24.5 Å². The van der Waals surface area contributed by atoms with Gasteiger partial charge >= 0.3 is 6.09 Å². The van der Waals surface area contributed by atoms with E-state index in [1.54, 1.807) is 18.2 Å². The van der Waals surface area contributed by atoms with Crippen molar-refractivity contribution in [3.8, 4) is 0 Å². The summed E-state index contributed by atoms with van der Waals surface area (Å²) in [7, 11) is 0. The standard InChI is InChI=1S/C19H20N2O5/c22-13-17-10-9-15(12-18(17)21(24)25)6-4-5-11-20-19(23)26-14-16-7-2-1-3-8-16/h1-4,6-10,12,22H,5,11,13-14H2,(H,20,23). The van der Waals surface area contributed by atoms with E-state index in [0.29, 0.717) is 18.5 Å². The Kier molecular flexibility index (Phi) is 7.32. The number of nitrogens with one attached hydrogen (secondary N) is 1. The van der Waals surface area contributed by atoms with E-state index in [2.05, 4.69) is 5.32 Å². The summed E-state index contributed by atoms with van der Waals surface area (Å²) in [5.41, 5.74) is 1.73. The third-order valence-corrected chi connectivity index (χ3v) is 3.58. The van der Waals surface area contributed by atoms with Crippen LogP contribution in [-0.4, -0.2) is 22.7 Å². The monoisotopic (exact) mass is 356 g/mol. The maximum absolute atomic E-state index is 11.6. The van der Waals surface area contributed by atoms with E-state index >= 15 is 0 Å². The molecular weight excluding hydrogens is 336 g/mol. The number of alkyl carbamates (subject to hydrolysis) is 1. The summed E-state index contributed by atoms with van der Waals surface area (Å²) in [6.45, 7) is 0.222. The van der Waals surface area contributed by atoms with Crippen LogP contribution in [0.1, 0.15) is 23.1 Å². The number of hydrogen-bond donors (Lipinski definition) is 2. The second kappa shape index (κ2) is 9.95. The number of nitro benzene ring substituents is 1. The number of amides is 1. The SMILES string of the molecule is O=C(NCCC=Cc1ccc(CO)c([N+](=O)[O-])c1)OCc1ccccc1. The molecule has 136 valence electrons. The summed E-state index contributed by atoms with van der Waals surface area (Å²) >= 11 is 0. The first-order chi connectivity index (χ1) is 12.6. The van der Waals surface area contributed by atoms with Crippen molar-refractivity contribution < 1.29 is 19.6 Å². The summed E-state index contributed by atoms with van der Waals surface area (Å²) in [6.07, 6.45) is 3.58. The smallest absolute Gasteiger partial charge is 0.407 e. The van der Waals surface area contributed by atoms with Crippen LogP contribution >= 0.6 is 0 Å².